The molecule has 0 saturated heterocycles. The van der Waals surface area contributed by atoms with Gasteiger partial charge in [-0.05, 0) is 75.5 Å². The van der Waals surface area contributed by atoms with Crippen molar-refractivity contribution in [3.63, 3.8) is 0 Å². The number of hydrogen-bond acceptors (Lipinski definition) is 2. The number of benzene rings is 1. The molecule has 0 heterocycles. The standard InChI is InChI=1S/C27H43NOSi/c1-27(2,3)29-20-14-7-6-9-15-22-21-26(25-19-13-12-18-24(22)25)30(4,5)28-23-16-10-8-11-17-23/h8,10-13,16-19,22,24-26,28H,6-7,9,14-15,20-21H2,1-5H3. The van der Waals surface area contributed by atoms with E-state index in [1.807, 2.05) is 0 Å². The monoisotopic (exact) mass is 425 g/mol. The molecule has 1 saturated carbocycles. The zero-order valence-corrected chi connectivity index (χ0v) is 20.9. The molecule has 0 radical (unpaired) electrons. The van der Waals surface area contributed by atoms with Gasteiger partial charge in [0.05, 0.1) is 5.60 Å². The molecule has 2 aliphatic rings. The first-order chi connectivity index (χ1) is 14.3. The van der Waals surface area contributed by atoms with Crippen molar-refractivity contribution in [2.45, 2.75) is 83.5 Å². The van der Waals surface area contributed by atoms with Gasteiger partial charge < -0.3 is 9.72 Å². The van der Waals surface area contributed by atoms with E-state index >= 15 is 0 Å². The summed E-state index contributed by atoms with van der Waals surface area (Å²) in [6, 6.07) is 10.8. The van der Waals surface area contributed by atoms with E-state index in [4.69, 9.17) is 4.74 Å². The van der Waals surface area contributed by atoms with Crippen LogP contribution in [-0.4, -0.2) is 20.4 Å². The minimum absolute atomic E-state index is 0.000809. The van der Waals surface area contributed by atoms with Crippen molar-refractivity contribution >= 4 is 13.9 Å². The van der Waals surface area contributed by atoms with Gasteiger partial charge >= 0.3 is 0 Å². The number of fused-ring (bicyclic) bond motifs is 1. The van der Waals surface area contributed by atoms with Gasteiger partial charge in [0.1, 0.15) is 0 Å². The Balaban J connectivity index is 1.50. The lowest BCUT2D eigenvalue weighted by Gasteiger charge is -2.35. The van der Waals surface area contributed by atoms with Gasteiger partial charge in [-0.15, -0.1) is 0 Å². The Hall–Kier alpha value is -1.32. The van der Waals surface area contributed by atoms with E-state index in [0.29, 0.717) is 0 Å². The largest absolute Gasteiger partial charge is 0.410 e. The zero-order chi connectivity index (χ0) is 21.6. The van der Waals surface area contributed by atoms with Crippen LogP contribution >= 0.6 is 0 Å². The summed E-state index contributed by atoms with van der Waals surface area (Å²) in [7, 11) is -1.60. The van der Waals surface area contributed by atoms with Crippen LogP contribution in [-0.2, 0) is 4.74 Å². The molecule has 1 aromatic carbocycles. The van der Waals surface area contributed by atoms with E-state index < -0.39 is 8.24 Å². The van der Waals surface area contributed by atoms with Crippen molar-refractivity contribution in [3.8, 4) is 0 Å². The number of ether oxygens (including phenoxy) is 1. The molecule has 0 bridgehead atoms. The van der Waals surface area contributed by atoms with E-state index in [1.165, 1.54) is 44.2 Å². The van der Waals surface area contributed by atoms with Gasteiger partial charge in [-0.3, -0.25) is 0 Å². The van der Waals surface area contributed by atoms with Crippen molar-refractivity contribution in [3.05, 3.63) is 54.6 Å². The molecule has 0 amide bonds. The minimum atomic E-state index is -1.60. The second kappa shape index (κ2) is 10.3. The highest BCUT2D eigenvalue weighted by atomic mass is 28.3. The Kier molecular flexibility index (Phi) is 8.03. The number of nitrogens with one attached hydrogen (secondary N) is 1. The van der Waals surface area contributed by atoms with E-state index in [-0.39, 0.29) is 5.60 Å². The molecule has 1 aromatic rings. The summed E-state index contributed by atoms with van der Waals surface area (Å²) in [5.41, 5.74) is 2.09. The number of anilines is 1. The number of hydrogen-bond donors (Lipinski definition) is 1. The topological polar surface area (TPSA) is 21.3 Å². The van der Waals surface area contributed by atoms with Crippen LogP contribution in [0.25, 0.3) is 0 Å². The zero-order valence-electron chi connectivity index (χ0n) is 19.9. The third-order valence-corrected chi connectivity index (χ3v) is 10.4. The summed E-state index contributed by atoms with van der Waals surface area (Å²) in [6.07, 6.45) is 17.6. The van der Waals surface area contributed by atoms with Crippen molar-refractivity contribution < 1.29 is 4.74 Å². The first kappa shape index (κ1) is 23.3. The average molecular weight is 426 g/mol. The van der Waals surface area contributed by atoms with Gasteiger partial charge in [0, 0.05) is 12.3 Å². The van der Waals surface area contributed by atoms with Crippen LogP contribution in [0.4, 0.5) is 5.69 Å². The molecule has 3 rings (SSSR count). The van der Waals surface area contributed by atoms with Crippen LogP contribution in [0.2, 0.25) is 18.6 Å². The van der Waals surface area contributed by atoms with Crippen LogP contribution < -0.4 is 4.98 Å². The lowest BCUT2D eigenvalue weighted by molar-refractivity contribution is -0.00477. The molecule has 4 unspecified atom stereocenters. The maximum atomic E-state index is 5.86. The molecular formula is C27H43NOSi. The Morgan fingerprint density at radius 1 is 0.933 bits per heavy atom. The van der Waals surface area contributed by atoms with Crippen LogP contribution in [0.15, 0.2) is 54.6 Å². The SMILES string of the molecule is CC(C)(C)OCCCCCCC1CC([Si](C)(C)Nc2ccccc2)C2C=CC=CC12. The summed E-state index contributed by atoms with van der Waals surface area (Å²) in [5.74, 6) is 2.31. The van der Waals surface area contributed by atoms with E-state index in [9.17, 15) is 0 Å². The Morgan fingerprint density at radius 3 is 2.30 bits per heavy atom. The van der Waals surface area contributed by atoms with Gasteiger partial charge in [0.15, 0.2) is 8.24 Å². The van der Waals surface area contributed by atoms with Crippen molar-refractivity contribution in [2.24, 2.45) is 17.8 Å². The van der Waals surface area contributed by atoms with Crippen LogP contribution in [0.1, 0.15) is 59.3 Å². The summed E-state index contributed by atoms with van der Waals surface area (Å²) in [5, 5.41) is 0. The molecule has 0 spiro atoms. The Morgan fingerprint density at radius 2 is 1.60 bits per heavy atom. The number of allylic oxidation sites excluding steroid dienone is 4. The molecule has 2 nitrogen and oxygen atoms in total. The Labute approximate surface area is 186 Å². The van der Waals surface area contributed by atoms with Crippen molar-refractivity contribution in [1.29, 1.82) is 0 Å². The highest BCUT2D eigenvalue weighted by Gasteiger charge is 2.48. The number of rotatable bonds is 10. The molecule has 4 atom stereocenters. The summed E-state index contributed by atoms with van der Waals surface area (Å²) < 4.78 is 5.86. The fraction of sp³-hybridized carbons (Fsp3) is 0.630. The molecule has 3 heteroatoms. The van der Waals surface area contributed by atoms with Gasteiger partial charge in [-0.1, -0.05) is 74.9 Å². The van der Waals surface area contributed by atoms with E-state index in [2.05, 4.69) is 93.5 Å². The lowest BCUT2D eigenvalue weighted by Crippen LogP contribution is -2.43. The minimum Gasteiger partial charge on any atom is -0.410 e. The molecule has 0 aliphatic heterocycles. The molecule has 0 aromatic heterocycles. The first-order valence-electron chi connectivity index (χ1n) is 12.1. The highest BCUT2D eigenvalue weighted by Crippen LogP contribution is 2.53. The lowest BCUT2D eigenvalue weighted by atomic mass is 9.84. The predicted molar refractivity (Wildman–Crippen MR) is 133 cm³/mol. The molecule has 166 valence electrons. The van der Waals surface area contributed by atoms with Crippen molar-refractivity contribution in [2.75, 3.05) is 11.6 Å². The molecule has 1 N–H and O–H groups in total. The van der Waals surface area contributed by atoms with Gasteiger partial charge in [0.25, 0.3) is 0 Å². The van der Waals surface area contributed by atoms with Crippen LogP contribution in [0.3, 0.4) is 0 Å². The third-order valence-electron chi connectivity index (χ3n) is 6.96. The highest BCUT2D eigenvalue weighted by molar-refractivity contribution is 6.81. The van der Waals surface area contributed by atoms with Crippen LogP contribution in [0, 0.1) is 17.8 Å². The molecule has 30 heavy (non-hydrogen) atoms. The van der Waals surface area contributed by atoms with Crippen LogP contribution in [0.5, 0.6) is 0 Å². The number of unbranched alkanes of at least 4 members (excludes halogenated alkanes) is 3. The maximum absolute atomic E-state index is 5.86. The normalized spacial score (nSPS) is 26.0. The average Bonchev–Trinajstić information content (AvgIpc) is 3.07. The van der Waals surface area contributed by atoms with Crippen molar-refractivity contribution in [1.82, 2.24) is 0 Å². The first-order valence-corrected chi connectivity index (χ1v) is 15.2. The Bertz CT molecular complexity index is 703. The van der Waals surface area contributed by atoms with E-state index in [1.54, 1.807) is 0 Å². The quantitative estimate of drug-likeness (QED) is 0.305. The molecule has 2 aliphatic carbocycles. The summed E-state index contributed by atoms with van der Waals surface area (Å²) >= 11 is 0. The second-order valence-electron chi connectivity index (χ2n) is 10.9. The smallest absolute Gasteiger partial charge is 0.151 e. The predicted octanol–water partition coefficient (Wildman–Crippen LogP) is 7.82. The van der Waals surface area contributed by atoms with E-state index in [0.717, 1.165) is 29.9 Å². The summed E-state index contributed by atoms with van der Waals surface area (Å²) in [6.45, 7) is 12.4. The summed E-state index contributed by atoms with van der Waals surface area (Å²) in [4.78, 5) is 3.98. The number of para-hydroxylation sites is 1. The molecule has 1 fully saturated rings. The van der Waals surface area contributed by atoms with Gasteiger partial charge in [0.2, 0.25) is 0 Å². The second-order valence-corrected chi connectivity index (χ2v) is 15.3. The third kappa shape index (κ3) is 6.59. The fourth-order valence-electron chi connectivity index (χ4n) is 5.47. The fourth-order valence-corrected chi connectivity index (χ4v) is 8.75. The van der Waals surface area contributed by atoms with Gasteiger partial charge in [-0.2, -0.15) is 0 Å². The maximum Gasteiger partial charge on any atom is 0.151 e. The molecular weight excluding hydrogens is 382 g/mol. The van der Waals surface area contributed by atoms with Gasteiger partial charge in [-0.25, -0.2) is 0 Å².